The summed E-state index contributed by atoms with van der Waals surface area (Å²) in [6, 6.07) is -1.40. The third-order valence-electron chi connectivity index (χ3n) is 1.41. The van der Waals surface area contributed by atoms with E-state index in [0.29, 0.717) is 6.42 Å². The van der Waals surface area contributed by atoms with Crippen molar-refractivity contribution in [3.8, 4) is 0 Å². The van der Waals surface area contributed by atoms with Gasteiger partial charge in [-0.25, -0.2) is 4.79 Å². The summed E-state index contributed by atoms with van der Waals surface area (Å²) in [7, 11) is 0. The molecule has 9 heteroatoms. The average Bonchev–Trinajstić information content (AvgIpc) is 2.29. The van der Waals surface area contributed by atoms with Gasteiger partial charge in [0.05, 0.1) is 25.0 Å². The van der Waals surface area contributed by atoms with Crippen LogP contribution in [-0.4, -0.2) is 47.4 Å². The predicted molar refractivity (Wildman–Crippen MR) is 58.1 cm³/mol. The number of aliphatic hydroxyl groups is 1. The van der Waals surface area contributed by atoms with Crippen LogP contribution < -0.4 is 40.4 Å². The molecule has 0 aliphatic carbocycles. The van der Waals surface area contributed by atoms with E-state index in [-0.39, 0.29) is 42.8 Å². The third-order valence-corrected chi connectivity index (χ3v) is 1.41. The SMILES string of the molecule is C=CC(=O)OCCCO.N[C@@H](CC(=O)O)C(=O)[O-].[Na+]. The van der Waals surface area contributed by atoms with Crippen LogP contribution in [0.25, 0.3) is 0 Å². The first-order valence-electron chi connectivity index (χ1n) is 4.93. The fraction of sp³-hybridized carbons (Fsp3) is 0.500. The first-order chi connectivity index (χ1) is 8.34. The number of esters is 1. The fourth-order valence-corrected chi connectivity index (χ4v) is 0.568. The third kappa shape index (κ3) is 19.6. The Labute approximate surface area is 132 Å². The van der Waals surface area contributed by atoms with Crippen molar-refractivity contribution in [3.05, 3.63) is 12.7 Å². The molecule has 0 aromatic heterocycles. The van der Waals surface area contributed by atoms with Crippen LogP contribution in [0.5, 0.6) is 0 Å². The Bertz CT molecular complexity index is 296. The first-order valence-corrected chi connectivity index (χ1v) is 4.93. The summed E-state index contributed by atoms with van der Waals surface area (Å²) in [5, 5.41) is 25.9. The van der Waals surface area contributed by atoms with Gasteiger partial charge in [-0.2, -0.15) is 0 Å². The number of hydrogen-bond donors (Lipinski definition) is 3. The molecule has 0 unspecified atom stereocenters. The molecule has 0 bridgehead atoms. The molecule has 0 aromatic carbocycles. The van der Waals surface area contributed by atoms with Crippen LogP contribution in [0.1, 0.15) is 12.8 Å². The Kier molecular flexibility index (Phi) is 18.5. The number of carboxylic acid groups (broad SMARTS) is 2. The summed E-state index contributed by atoms with van der Waals surface area (Å²) in [4.78, 5) is 29.7. The number of aliphatic carboxylic acids is 2. The number of carbonyl (C=O) groups is 3. The molecule has 0 saturated heterocycles. The number of rotatable bonds is 7. The molecule has 8 nitrogen and oxygen atoms in total. The molecular formula is C10H16NNaO7. The van der Waals surface area contributed by atoms with Crippen LogP contribution in [-0.2, 0) is 19.1 Å². The standard InChI is InChI=1S/C6H10O3.C4H7NO4.Na/c1-2-6(8)9-5-3-4-7;5-2(4(8)9)1-3(6)7;/h2,7H,1,3-5H2;2H,1,5H2,(H,6,7)(H,8,9);/q;;+1/p-1/t;2-;/m.0./s1. The molecule has 0 aliphatic rings. The Morgan fingerprint density at radius 3 is 2.21 bits per heavy atom. The number of nitrogens with two attached hydrogens (primary N) is 1. The zero-order valence-corrected chi connectivity index (χ0v) is 12.7. The molecule has 0 saturated carbocycles. The normalized spacial score (nSPS) is 10.0. The van der Waals surface area contributed by atoms with E-state index in [9.17, 15) is 19.5 Å². The van der Waals surface area contributed by atoms with Crippen molar-refractivity contribution in [2.45, 2.75) is 18.9 Å². The second-order valence-corrected chi connectivity index (χ2v) is 2.97. The molecule has 1 atom stereocenters. The molecule has 4 N–H and O–H groups in total. The van der Waals surface area contributed by atoms with Crippen LogP contribution in [0.3, 0.4) is 0 Å². The molecule has 0 rings (SSSR count). The topological polar surface area (TPSA) is 150 Å². The van der Waals surface area contributed by atoms with Gasteiger partial charge < -0.3 is 30.6 Å². The summed E-state index contributed by atoms with van der Waals surface area (Å²) in [6.07, 6.45) is 0.985. The number of aliphatic hydroxyl groups excluding tert-OH is 1. The Balaban J connectivity index is -0.000000256. The van der Waals surface area contributed by atoms with Crippen molar-refractivity contribution in [1.82, 2.24) is 0 Å². The van der Waals surface area contributed by atoms with Gasteiger partial charge in [0.25, 0.3) is 0 Å². The van der Waals surface area contributed by atoms with Crippen molar-refractivity contribution < 1.29 is 64.0 Å². The zero-order chi connectivity index (χ0) is 14.6. The monoisotopic (exact) mass is 285 g/mol. The molecule has 19 heavy (non-hydrogen) atoms. The second-order valence-electron chi connectivity index (χ2n) is 2.97. The van der Waals surface area contributed by atoms with Crippen molar-refractivity contribution in [2.75, 3.05) is 13.2 Å². The van der Waals surface area contributed by atoms with E-state index in [1.54, 1.807) is 0 Å². The maximum Gasteiger partial charge on any atom is 1.00 e. The maximum absolute atomic E-state index is 10.3. The van der Waals surface area contributed by atoms with Crippen molar-refractivity contribution in [2.24, 2.45) is 5.73 Å². The minimum Gasteiger partial charge on any atom is -0.548 e. The first kappa shape index (κ1) is 23.2. The average molecular weight is 285 g/mol. The van der Waals surface area contributed by atoms with Crippen LogP contribution in [0.2, 0.25) is 0 Å². The molecule has 0 fully saturated rings. The summed E-state index contributed by atoms with van der Waals surface area (Å²) >= 11 is 0. The van der Waals surface area contributed by atoms with Gasteiger partial charge in [0.1, 0.15) is 0 Å². The van der Waals surface area contributed by atoms with E-state index in [0.717, 1.165) is 6.08 Å². The number of carbonyl (C=O) groups excluding carboxylic acids is 2. The summed E-state index contributed by atoms with van der Waals surface area (Å²) in [5.41, 5.74) is 4.77. The van der Waals surface area contributed by atoms with Crippen molar-refractivity contribution >= 4 is 17.9 Å². The number of carboxylic acids is 2. The van der Waals surface area contributed by atoms with Crippen LogP contribution in [0, 0.1) is 0 Å². The summed E-state index contributed by atoms with van der Waals surface area (Å²) < 4.78 is 4.51. The minimum atomic E-state index is -1.54. The predicted octanol–water partition coefficient (Wildman–Crippen LogP) is -5.36. The quantitative estimate of drug-likeness (QED) is 0.181. The van der Waals surface area contributed by atoms with E-state index in [1.807, 2.05) is 0 Å². The van der Waals surface area contributed by atoms with Gasteiger partial charge in [-0.3, -0.25) is 4.79 Å². The Morgan fingerprint density at radius 2 is 1.95 bits per heavy atom. The summed E-state index contributed by atoms with van der Waals surface area (Å²) in [5.74, 6) is -3.23. The van der Waals surface area contributed by atoms with E-state index in [4.69, 9.17) is 15.9 Å². The van der Waals surface area contributed by atoms with Gasteiger partial charge >= 0.3 is 41.5 Å². The van der Waals surface area contributed by atoms with Gasteiger partial charge in [0, 0.05) is 19.1 Å². The van der Waals surface area contributed by atoms with Crippen LogP contribution >= 0.6 is 0 Å². The molecule has 0 aromatic rings. The number of hydrogen-bond acceptors (Lipinski definition) is 7. The van der Waals surface area contributed by atoms with Crippen LogP contribution in [0.4, 0.5) is 0 Å². The molecule has 104 valence electrons. The van der Waals surface area contributed by atoms with Gasteiger partial charge in [-0.15, -0.1) is 0 Å². The van der Waals surface area contributed by atoms with Gasteiger partial charge in [-0.1, -0.05) is 6.58 Å². The minimum absolute atomic E-state index is 0. The van der Waals surface area contributed by atoms with E-state index in [2.05, 4.69) is 11.3 Å². The second kappa shape index (κ2) is 15.1. The van der Waals surface area contributed by atoms with E-state index < -0.39 is 30.4 Å². The van der Waals surface area contributed by atoms with Crippen molar-refractivity contribution in [1.29, 1.82) is 0 Å². The van der Waals surface area contributed by atoms with Crippen LogP contribution in [0.15, 0.2) is 12.7 Å². The summed E-state index contributed by atoms with van der Waals surface area (Å²) in [6.45, 7) is 3.51. The largest absolute Gasteiger partial charge is 1.00 e. The smallest absolute Gasteiger partial charge is 0.548 e. The Hall–Kier alpha value is -0.930. The molecule has 0 heterocycles. The van der Waals surface area contributed by atoms with Gasteiger partial charge in [0.15, 0.2) is 0 Å². The fourth-order valence-electron chi connectivity index (χ4n) is 0.568. The van der Waals surface area contributed by atoms with E-state index in [1.165, 1.54) is 0 Å². The maximum atomic E-state index is 10.3. The van der Waals surface area contributed by atoms with Crippen molar-refractivity contribution in [3.63, 3.8) is 0 Å². The van der Waals surface area contributed by atoms with Gasteiger partial charge in [-0.05, 0) is 0 Å². The molecular weight excluding hydrogens is 269 g/mol. The molecule has 0 spiro atoms. The zero-order valence-electron chi connectivity index (χ0n) is 10.7. The van der Waals surface area contributed by atoms with E-state index >= 15 is 0 Å². The van der Waals surface area contributed by atoms with Gasteiger partial charge in [0.2, 0.25) is 0 Å². The molecule has 0 radical (unpaired) electrons. The molecule has 0 amide bonds. The molecule has 0 aliphatic heterocycles. The Morgan fingerprint density at radius 1 is 1.42 bits per heavy atom. The number of ether oxygens (including phenoxy) is 1.